The van der Waals surface area contributed by atoms with Crippen molar-refractivity contribution in [1.29, 1.82) is 0 Å². The minimum Gasteiger partial charge on any atom is -0.398 e. The van der Waals surface area contributed by atoms with Crippen LogP contribution in [0, 0.1) is 20.8 Å². The number of rotatable bonds is 4. The molecule has 6 nitrogen and oxygen atoms in total. The number of benzene rings is 1. The van der Waals surface area contributed by atoms with Crippen molar-refractivity contribution in [2.24, 2.45) is 7.05 Å². The van der Waals surface area contributed by atoms with Crippen LogP contribution in [-0.4, -0.2) is 18.2 Å². The Labute approximate surface area is 125 Å². The predicted octanol–water partition coefficient (Wildman–Crippen LogP) is 1.41. The minimum absolute atomic E-state index is 0.157. The number of nitrogen functional groups attached to an aromatic ring is 1. The molecule has 1 aromatic carbocycles. The number of hydrogen-bond acceptors (Lipinski definition) is 4. The Hall–Kier alpha value is -1.86. The first-order valence-electron chi connectivity index (χ1n) is 6.57. The van der Waals surface area contributed by atoms with Gasteiger partial charge in [-0.25, -0.2) is 13.1 Å². The van der Waals surface area contributed by atoms with Crippen LogP contribution in [0.15, 0.2) is 23.2 Å². The topological polar surface area (TPSA) is 90.0 Å². The highest BCUT2D eigenvalue weighted by Crippen LogP contribution is 2.25. The quantitative estimate of drug-likeness (QED) is 0.836. The minimum atomic E-state index is -3.66. The Morgan fingerprint density at radius 2 is 1.95 bits per heavy atom. The fourth-order valence-electron chi connectivity index (χ4n) is 2.23. The number of nitrogens with one attached hydrogen (secondary N) is 1. The molecular weight excluding hydrogens is 288 g/mol. The maximum atomic E-state index is 12.5. The average Bonchev–Trinajstić information content (AvgIpc) is 2.70. The number of aromatic nitrogens is 2. The van der Waals surface area contributed by atoms with E-state index in [-0.39, 0.29) is 17.1 Å². The summed E-state index contributed by atoms with van der Waals surface area (Å²) in [6.07, 6.45) is 1.80. The molecule has 21 heavy (non-hydrogen) atoms. The lowest BCUT2D eigenvalue weighted by Crippen LogP contribution is -2.25. The molecule has 114 valence electrons. The molecular formula is C14H20N4O2S. The monoisotopic (exact) mass is 308 g/mol. The molecule has 0 bridgehead atoms. The normalized spacial score (nSPS) is 11.8. The van der Waals surface area contributed by atoms with E-state index in [0.717, 1.165) is 16.8 Å². The standard InChI is InChI=1S/C14H20N4O2S/c1-9-5-6-13(15)14(10(9)2)21(19,20)16-7-12-8-18(4)17-11(12)3/h5-6,8,16H,7,15H2,1-4H3. The van der Waals surface area contributed by atoms with Gasteiger partial charge in [-0.3, -0.25) is 4.68 Å². The Morgan fingerprint density at radius 1 is 1.29 bits per heavy atom. The van der Waals surface area contributed by atoms with Crippen LogP contribution in [0.3, 0.4) is 0 Å². The molecule has 1 heterocycles. The van der Waals surface area contributed by atoms with Crippen LogP contribution in [-0.2, 0) is 23.6 Å². The summed E-state index contributed by atoms with van der Waals surface area (Å²) in [5.74, 6) is 0. The fraction of sp³-hybridized carbons (Fsp3) is 0.357. The van der Waals surface area contributed by atoms with Gasteiger partial charge in [0.05, 0.1) is 11.4 Å². The fourth-order valence-corrected chi connectivity index (χ4v) is 3.67. The van der Waals surface area contributed by atoms with Crippen LogP contribution in [0.25, 0.3) is 0 Å². The summed E-state index contributed by atoms with van der Waals surface area (Å²) < 4.78 is 29.2. The van der Waals surface area contributed by atoms with Gasteiger partial charge < -0.3 is 5.73 Å². The highest BCUT2D eigenvalue weighted by molar-refractivity contribution is 7.89. The van der Waals surface area contributed by atoms with Gasteiger partial charge in [0.1, 0.15) is 4.90 Å². The van der Waals surface area contributed by atoms with Crippen LogP contribution < -0.4 is 10.5 Å². The summed E-state index contributed by atoms with van der Waals surface area (Å²) in [7, 11) is -1.86. The average molecular weight is 308 g/mol. The van der Waals surface area contributed by atoms with Crippen molar-refractivity contribution in [2.45, 2.75) is 32.2 Å². The van der Waals surface area contributed by atoms with Gasteiger partial charge in [0.25, 0.3) is 0 Å². The Bertz CT molecular complexity index is 779. The van der Waals surface area contributed by atoms with Crippen molar-refractivity contribution >= 4 is 15.7 Å². The van der Waals surface area contributed by atoms with Gasteiger partial charge >= 0.3 is 0 Å². The van der Waals surface area contributed by atoms with E-state index in [2.05, 4.69) is 9.82 Å². The predicted molar refractivity (Wildman–Crippen MR) is 82.3 cm³/mol. The Balaban J connectivity index is 2.31. The Morgan fingerprint density at radius 3 is 2.52 bits per heavy atom. The second-order valence-corrected chi connectivity index (χ2v) is 6.87. The van der Waals surface area contributed by atoms with Crippen molar-refractivity contribution in [3.05, 3.63) is 40.7 Å². The summed E-state index contributed by atoms with van der Waals surface area (Å²) >= 11 is 0. The van der Waals surface area contributed by atoms with Crippen LogP contribution in [0.4, 0.5) is 5.69 Å². The molecule has 2 rings (SSSR count). The van der Waals surface area contributed by atoms with Gasteiger partial charge in [-0.2, -0.15) is 5.10 Å². The van der Waals surface area contributed by atoms with Gasteiger partial charge in [-0.1, -0.05) is 6.07 Å². The molecule has 0 aliphatic rings. The van der Waals surface area contributed by atoms with Gasteiger partial charge in [0.2, 0.25) is 10.0 Å². The number of hydrogen-bond donors (Lipinski definition) is 2. The summed E-state index contributed by atoms with van der Waals surface area (Å²) in [6.45, 7) is 5.65. The summed E-state index contributed by atoms with van der Waals surface area (Å²) in [4.78, 5) is 0.157. The van der Waals surface area contributed by atoms with Gasteiger partial charge in [-0.15, -0.1) is 0 Å². The third-order valence-electron chi connectivity index (χ3n) is 3.54. The number of sulfonamides is 1. The van der Waals surface area contributed by atoms with E-state index in [1.54, 1.807) is 30.9 Å². The van der Waals surface area contributed by atoms with Gasteiger partial charge in [-0.05, 0) is 38.0 Å². The lowest BCUT2D eigenvalue weighted by atomic mass is 10.1. The zero-order chi connectivity index (χ0) is 15.8. The zero-order valence-corrected chi connectivity index (χ0v) is 13.5. The van der Waals surface area contributed by atoms with Crippen LogP contribution in [0.5, 0.6) is 0 Å². The van der Waals surface area contributed by atoms with Crippen molar-refractivity contribution in [3.63, 3.8) is 0 Å². The summed E-state index contributed by atoms with van der Waals surface area (Å²) in [5, 5.41) is 4.19. The molecule has 0 amide bonds. The molecule has 7 heteroatoms. The maximum absolute atomic E-state index is 12.5. The van der Waals surface area contributed by atoms with Crippen molar-refractivity contribution < 1.29 is 8.42 Å². The molecule has 0 saturated heterocycles. The first-order valence-corrected chi connectivity index (χ1v) is 8.05. The highest BCUT2D eigenvalue weighted by Gasteiger charge is 2.21. The summed E-state index contributed by atoms with van der Waals surface area (Å²) in [6, 6.07) is 3.43. The van der Waals surface area contributed by atoms with Gasteiger partial charge in [0.15, 0.2) is 0 Å². The van der Waals surface area contributed by atoms with E-state index in [0.29, 0.717) is 5.56 Å². The molecule has 2 aromatic rings. The van der Waals surface area contributed by atoms with E-state index in [4.69, 9.17) is 5.73 Å². The van der Waals surface area contributed by atoms with Crippen LogP contribution in [0.2, 0.25) is 0 Å². The third-order valence-corrected chi connectivity index (χ3v) is 5.15. The lowest BCUT2D eigenvalue weighted by molar-refractivity contribution is 0.581. The molecule has 0 aliphatic carbocycles. The zero-order valence-electron chi connectivity index (χ0n) is 12.6. The molecule has 0 unspecified atom stereocenters. The van der Waals surface area contributed by atoms with E-state index in [1.165, 1.54) is 0 Å². The van der Waals surface area contributed by atoms with E-state index < -0.39 is 10.0 Å². The first-order chi connectivity index (χ1) is 9.72. The van der Waals surface area contributed by atoms with E-state index >= 15 is 0 Å². The first kappa shape index (κ1) is 15.5. The summed E-state index contributed by atoms with van der Waals surface area (Å²) in [5.41, 5.74) is 9.30. The number of aryl methyl sites for hydroxylation is 3. The highest BCUT2D eigenvalue weighted by atomic mass is 32.2. The molecule has 0 fully saturated rings. The smallest absolute Gasteiger partial charge is 0.243 e. The molecule has 0 spiro atoms. The Kier molecular flexibility index (Phi) is 4.06. The maximum Gasteiger partial charge on any atom is 0.243 e. The van der Waals surface area contributed by atoms with Crippen molar-refractivity contribution in [3.8, 4) is 0 Å². The van der Waals surface area contributed by atoms with Crippen LogP contribution in [0.1, 0.15) is 22.4 Å². The molecule has 0 radical (unpaired) electrons. The van der Waals surface area contributed by atoms with E-state index in [1.807, 2.05) is 19.9 Å². The third kappa shape index (κ3) is 3.08. The number of nitrogens with zero attached hydrogens (tertiary/aromatic N) is 2. The molecule has 3 N–H and O–H groups in total. The second-order valence-electron chi connectivity index (χ2n) is 5.16. The second kappa shape index (κ2) is 5.50. The SMILES string of the molecule is Cc1ccc(N)c(S(=O)(=O)NCc2cn(C)nc2C)c1C. The lowest BCUT2D eigenvalue weighted by Gasteiger charge is -2.13. The molecule has 0 atom stereocenters. The molecule has 0 aliphatic heterocycles. The number of anilines is 1. The van der Waals surface area contributed by atoms with Crippen molar-refractivity contribution in [2.75, 3.05) is 5.73 Å². The molecule has 1 aromatic heterocycles. The largest absolute Gasteiger partial charge is 0.398 e. The molecule has 0 saturated carbocycles. The van der Waals surface area contributed by atoms with Crippen LogP contribution >= 0.6 is 0 Å². The van der Waals surface area contributed by atoms with E-state index in [9.17, 15) is 8.42 Å². The van der Waals surface area contributed by atoms with Gasteiger partial charge in [0, 0.05) is 25.4 Å². The number of nitrogens with two attached hydrogens (primary N) is 1. The van der Waals surface area contributed by atoms with Crippen molar-refractivity contribution in [1.82, 2.24) is 14.5 Å².